The number of aliphatic hydroxyl groups excluding tert-OH is 2. The average Bonchev–Trinajstić information content (AvgIpc) is 2.08. The van der Waals surface area contributed by atoms with Crippen LogP contribution in [0.1, 0.15) is 19.3 Å². The van der Waals surface area contributed by atoms with Gasteiger partial charge >= 0.3 is 0 Å². The van der Waals surface area contributed by atoms with Crippen molar-refractivity contribution in [3.8, 4) is 0 Å². The molecule has 1 aliphatic rings. The van der Waals surface area contributed by atoms with Gasteiger partial charge < -0.3 is 20.4 Å². The van der Waals surface area contributed by atoms with E-state index in [0.29, 0.717) is 6.54 Å². The van der Waals surface area contributed by atoms with E-state index in [2.05, 4.69) is 24.3 Å². The summed E-state index contributed by atoms with van der Waals surface area (Å²) in [4.78, 5) is 2.26. The van der Waals surface area contributed by atoms with E-state index in [0.717, 1.165) is 6.54 Å². The Balaban J connectivity index is 2.22. The van der Waals surface area contributed by atoms with Crippen molar-refractivity contribution >= 4 is 0 Å². The van der Waals surface area contributed by atoms with Gasteiger partial charge in [-0.05, 0) is 33.4 Å². The molecule has 0 aromatic rings. The lowest BCUT2D eigenvalue weighted by molar-refractivity contribution is 0.0493. The summed E-state index contributed by atoms with van der Waals surface area (Å²) in [5, 5.41) is 21.0. The number of likely N-dealkylation sites (N-methyl/N-ethyl adjacent to an activating group) is 1. The van der Waals surface area contributed by atoms with E-state index in [1.165, 1.54) is 19.3 Å². The van der Waals surface area contributed by atoms with Gasteiger partial charge in [0, 0.05) is 18.6 Å². The van der Waals surface area contributed by atoms with Gasteiger partial charge in [-0.2, -0.15) is 0 Å². The molecule has 1 rings (SSSR count). The normalized spacial score (nSPS) is 22.1. The molecule has 84 valence electrons. The third-order valence-corrected chi connectivity index (χ3v) is 3.28. The molecular formula is C10H22N2O2. The predicted octanol–water partition coefficient (Wildman–Crippen LogP) is -0.586. The summed E-state index contributed by atoms with van der Waals surface area (Å²) in [5.41, 5.74) is 0.287. The van der Waals surface area contributed by atoms with E-state index < -0.39 is 6.10 Å². The summed E-state index contributed by atoms with van der Waals surface area (Å²) >= 11 is 0. The van der Waals surface area contributed by atoms with Crippen LogP contribution in [0.2, 0.25) is 0 Å². The Morgan fingerprint density at radius 1 is 1.43 bits per heavy atom. The van der Waals surface area contributed by atoms with Crippen molar-refractivity contribution in [3.63, 3.8) is 0 Å². The molecule has 1 fully saturated rings. The fourth-order valence-corrected chi connectivity index (χ4v) is 1.90. The molecule has 1 saturated carbocycles. The summed E-state index contributed by atoms with van der Waals surface area (Å²) in [6.45, 7) is 1.21. The van der Waals surface area contributed by atoms with Crippen molar-refractivity contribution in [1.29, 1.82) is 0 Å². The number of aliphatic hydroxyl groups is 2. The Morgan fingerprint density at radius 2 is 2.07 bits per heavy atom. The standard InChI is InChI=1S/C10H22N2O2/c1-12(2)10(4-3-5-10)8-11-6-9(14)7-13/h9,11,13-14H,3-8H2,1-2H3/t9-/m0/s1. The van der Waals surface area contributed by atoms with Crippen LogP contribution in [0.4, 0.5) is 0 Å². The Bertz CT molecular complexity index is 170. The number of nitrogens with zero attached hydrogens (tertiary/aromatic N) is 1. The molecule has 4 heteroatoms. The van der Waals surface area contributed by atoms with E-state index in [9.17, 15) is 0 Å². The lowest BCUT2D eigenvalue weighted by atomic mass is 9.75. The van der Waals surface area contributed by atoms with Crippen LogP contribution in [0.3, 0.4) is 0 Å². The predicted molar refractivity (Wildman–Crippen MR) is 56.2 cm³/mol. The molecule has 0 bridgehead atoms. The van der Waals surface area contributed by atoms with Crippen molar-refractivity contribution < 1.29 is 10.2 Å². The maximum absolute atomic E-state index is 9.16. The Morgan fingerprint density at radius 3 is 2.43 bits per heavy atom. The number of rotatable bonds is 6. The smallest absolute Gasteiger partial charge is 0.0894 e. The van der Waals surface area contributed by atoms with Gasteiger partial charge in [0.15, 0.2) is 0 Å². The minimum absolute atomic E-state index is 0.165. The summed E-state index contributed by atoms with van der Waals surface area (Å²) in [6, 6.07) is 0. The maximum atomic E-state index is 9.16. The number of nitrogens with one attached hydrogen (secondary N) is 1. The van der Waals surface area contributed by atoms with Gasteiger partial charge in [-0.15, -0.1) is 0 Å². The molecule has 0 aromatic heterocycles. The van der Waals surface area contributed by atoms with Gasteiger partial charge in [0.2, 0.25) is 0 Å². The van der Waals surface area contributed by atoms with Crippen molar-refractivity contribution in [1.82, 2.24) is 10.2 Å². The largest absolute Gasteiger partial charge is 0.394 e. The van der Waals surface area contributed by atoms with Crippen molar-refractivity contribution in [3.05, 3.63) is 0 Å². The zero-order chi connectivity index (χ0) is 10.6. The zero-order valence-corrected chi connectivity index (χ0v) is 9.16. The van der Waals surface area contributed by atoms with Crippen LogP contribution in [0.25, 0.3) is 0 Å². The van der Waals surface area contributed by atoms with Crippen LogP contribution < -0.4 is 5.32 Å². The summed E-state index contributed by atoms with van der Waals surface area (Å²) < 4.78 is 0. The first-order valence-electron chi connectivity index (χ1n) is 5.28. The molecule has 1 atom stereocenters. The minimum atomic E-state index is -0.630. The van der Waals surface area contributed by atoms with Gasteiger partial charge in [-0.25, -0.2) is 0 Å². The highest BCUT2D eigenvalue weighted by Crippen LogP contribution is 2.35. The molecule has 0 saturated heterocycles. The van der Waals surface area contributed by atoms with Crippen molar-refractivity contribution in [2.24, 2.45) is 0 Å². The van der Waals surface area contributed by atoms with E-state index >= 15 is 0 Å². The first kappa shape index (κ1) is 11.9. The molecule has 0 unspecified atom stereocenters. The Hall–Kier alpha value is -0.160. The average molecular weight is 202 g/mol. The van der Waals surface area contributed by atoms with Gasteiger partial charge in [-0.3, -0.25) is 0 Å². The van der Waals surface area contributed by atoms with Crippen LogP contribution in [-0.4, -0.2) is 60.5 Å². The highest BCUT2D eigenvalue weighted by atomic mass is 16.3. The summed E-state index contributed by atoms with van der Waals surface area (Å²) in [7, 11) is 4.20. The third-order valence-electron chi connectivity index (χ3n) is 3.28. The monoisotopic (exact) mass is 202 g/mol. The fraction of sp³-hybridized carbons (Fsp3) is 1.00. The zero-order valence-electron chi connectivity index (χ0n) is 9.16. The first-order chi connectivity index (χ1) is 6.60. The molecule has 0 radical (unpaired) electrons. The second-order valence-electron chi connectivity index (χ2n) is 4.44. The molecule has 4 nitrogen and oxygen atoms in total. The molecule has 0 amide bonds. The topological polar surface area (TPSA) is 55.7 Å². The van der Waals surface area contributed by atoms with Crippen LogP contribution in [0.5, 0.6) is 0 Å². The van der Waals surface area contributed by atoms with E-state index in [-0.39, 0.29) is 12.1 Å². The second kappa shape index (κ2) is 5.07. The fourth-order valence-electron chi connectivity index (χ4n) is 1.90. The molecule has 0 spiro atoms. The van der Waals surface area contributed by atoms with E-state index in [1.807, 2.05) is 0 Å². The molecule has 0 aliphatic heterocycles. The molecule has 14 heavy (non-hydrogen) atoms. The number of hydrogen-bond acceptors (Lipinski definition) is 4. The van der Waals surface area contributed by atoms with Crippen LogP contribution >= 0.6 is 0 Å². The van der Waals surface area contributed by atoms with Crippen LogP contribution in [0, 0.1) is 0 Å². The van der Waals surface area contributed by atoms with Crippen molar-refractivity contribution in [2.75, 3.05) is 33.8 Å². The Labute approximate surface area is 85.9 Å². The minimum Gasteiger partial charge on any atom is -0.394 e. The van der Waals surface area contributed by atoms with Crippen LogP contribution in [0.15, 0.2) is 0 Å². The quantitative estimate of drug-likeness (QED) is 0.539. The van der Waals surface area contributed by atoms with E-state index in [1.54, 1.807) is 0 Å². The van der Waals surface area contributed by atoms with E-state index in [4.69, 9.17) is 10.2 Å². The van der Waals surface area contributed by atoms with Crippen LogP contribution in [-0.2, 0) is 0 Å². The lowest BCUT2D eigenvalue weighted by Crippen LogP contribution is -2.57. The first-order valence-corrected chi connectivity index (χ1v) is 5.28. The molecular weight excluding hydrogens is 180 g/mol. The van der Waals surface area contributed by atoms with Gasteiger partial charge in [0.1, 0.15) is 0 Å². The molecule has 3 N–H and O–H groups in total. The SMILES string of the molecule is CN(C)C1(CNC[C@H](O)CO)CCC1. The highest BCUT2D eigenvalue weighted by Gasteiger charge is 2.38. The summed E-state index contributed by atoms with van der Waals surface area (Å²) in [5.74, 6) is 0. The number of hydrogen-bond donors (Lipinski definition) is 3. The summed E-state index contributed by atoms with van der Waals surface area (Å²) in [6.07, 6.45) is 3.11. The highest BCUT2D eigenvalue weighted by molar-refractivity contribution is 4.97. The van der Waals surface area contributed by atoms with Crippen molar-refractivity contribution in [2.45, 2.75) is 30.9 Å². The Kier molecular flexibility index (Phi) is 4.31. The van der Waals surface area contributed by atoms with Gasteiger partial charge in [0.05, 0.1) is 12.7 Å². The van der Waals surface area contributed by atoms with Gasteiger partial charge in [-0.1, -0.05) is 0 Å². The third kappa shape index (κ3) is 2.67. The molecule has 1 aliphatic carbocycles. The maximum Gasteiger partial charge on any atom is 0.0894 e. The molecule has 0 heterocycles. The molecule has 0 aromatic carbocycles. The lowest BCUT2D eigenvalue weighted by Gasteiger charge is -2.47. The van der Waals surface area contributed by atoms with Gasteiger partial charge in [0.25, 0.3) is 0 Å². The second-order valence-corrected chi connectivity index (χ2v) is 4.44.